The van der Waals surface area contributed by atoms with E-state index in [1.165, 1.54) is 70.8 Å². The van der Waals surface area contributed by atoms with Crippen LogP contribution in [0.2, 0.25) is 0 Å². The summed E-state index contributed by atoms with van der Waals surface area (Å²) in [4.78, 5) is 108. The molecule has 0 atom stereocenters. The highest BCUT2D eigenvalue weighted by atomic mass is 16.5. The molecule has 70 heavy (non-hydrogen) atoms. The van der Waals surface area contributed by atoms with Crippen molar-refractivity contribution in [2.45, 2.75) is 13.8 Å². The Kier molecular flexibility index (Phi) is 12.9. The average molecular weight is 947 g/mol. The van der Waals surface area contributed by atoms with Crippen molar-refractivity contribution >= 4 is 57.0 Å². The molecule has 8 aromatic rings. The lowest BCUT2D eigenvalue weighted by molar-refractivity contribution is -0.128. The number of methoxy groups -OCH3 is 2. The molecule has 0 unspecified atom stereocenters. The van der Waals surface area contributed by atoms with Gasteiger partial charge in [0, 0.05) is 75.9 Å². The Morgan fingerprint density at radius 3 is 1.19 bits per heavy atom. The molecule has 0 radical (unpaired) electrons. The van der Waals surface area contributed by atoms with Gasteiger partial charge in [0.05, 0.1) is 59.5 Å². The minimum Gasteiger partial charge on any atom is -0.494 e. The van der Waals surface area contributed by atoms with E-state index in [-0.39, 0.29) is 49.1 Å². The molecule has 0 spiro atoms. The molecule has 2 aliphatic heterocycles. The number of pyridine rings is 2. The average Bonchev–Trinajstić information content (AvgIpc) is 4.25. The van der Waals surface area contributed by atoms with Crippen molar-refractivity contribution in [2.24, 2.45) is 0 Å². The van der Waals surface area contributed by atoms with Crippen LogP contribution >= 0.6 is 0 Å². The Morgan fingerprint density at radius 1 is 0.500 bits per heavy atom. The predicted octanol–water partition coefficient (Wildman–Crippen LogP) is 3.26. The number of nitrogens with one attached hydrogen (secondary N) is 2. The number of nitrogens with zero attached hydrogens (tertiary/aromatic N) is 12. The fraction of sp³-hybridized carbons (Fsp3) is 0.250. The van der Waals surface area contributed by atoms with Crippen LogP contribution in [-0.2, 0) is 9.59 Å². The van der Waals surface area contributed by atoms with E-state index in [0.29, 0.717) is 93.9 Å². The minimum absolute atomic E-state index is 0.0891. The number of ketones is 2. The molecule has 0 aliphatic carbocycles. The number of hydrogen-bond donors (Lipinski definition) is 2. The third kappa shape index (κ3) is 8.91. The number of carbonyl (C=O) groups excluding carboxylic acids is 6. The molecule has 2 fully saturated rings. The van der Waals surface area contributed by atoms with E-state index in [4.69, 9.17) is 9.47 Å². The molecule has 2 aromatic carbocycles. The SMILES string of the molecule is COc1cnc(-n2cnc(C)n2)c2[nH]cc(C(=O)C(=O)N3CCN(C(=O)c4ccccc4)CC3)c12.COc1cnc(-n2cnc(C)n2)c2[nH]cc(C(=O)C(=O)N3CCN(C(=O)c4ccccc4)CC3)c12. The second-order valence-corrected chi connectivity index (χ2v) is 16.2. The van der Waals surface area contributed by atoms with Crippen molar-refractivity contribution in [3.63, 3.8) is 0 Å². The van der Waals surface area contributed by atoms with Gasteiger partial charge < -0.3 is 39.0 Å². The van der Waals surface area contributed by atoms with Crippen molar-refractivity contribution in [1.82, 2.24) is 69.1 Å². The second-order valence-electron chi connectivity index (χ2n) is 16.2. The number of H-pyrrole nitrogens is 2. The van der Waals surface area contributed by atoms with E-state index in [1.807, 2.05) is 36.4 Å². The van der Waals surface area contributed by atoms with E-state index in [9.17, 15) is 28.8 Å². The highest BCUT2D eigenvalue weighted by Gasteiger charge is 2.33. The van der Waals surface area contributed by atoms with E-state index >= 15 is 0 Å². The summed E-state index contributed by atoms with van der Waals surface area (Å²) in [5.41, 5.74) is 2.57. The molecular formula is C48H46N14O8. The molecule has 2 aliphatic rings. The number of ether oxygens (including phenoxy) is 2. The van der Waals surface area contributed by atoms with Gasteiger partial charge >= 0.3 is 0 Å². The van der Waals surface area contributed by atoms with E-state index in [0.717, 1.165) is 0 Å². The normalized spacial score (nSPS) is 13.8. The number of fused-ring (bicyclic) bond motifs is 2. The first-order valence-corrected chi connectivity index (χ1v) is 22.2. The highest BCUT2D eigenvalue weighted by Crippen LogP contribution is 2.33. The monoisotopic (exact) mass is 946 g/mol. The van der Waals surface area contributed by atoms with Crippen molar-refractivity contribution in [3.05, 3.63) is 132 Å². The summed E-state index contributed by atoms with van der Waals surface area (Å²) in [7, 11) is 2.95. The summed E-state index contributed by atoms with van der Waals surface area (Å²) in [6.07, 6.45) is 8.98. The third-order valence-electron chi connectivity index (χ3n) is 12.0. The van der Waals surface area contributed by atoms with Crippen molar-refractivity contribution in [1.29, 1.82) is 0 Å². The zero-order chi connectivity index (χ0) is 49.1. The maximum absolute atomic E-state index is 13.3. The maximum atomic E-state index is 13.3. The molecule has 10 rings (SSSR count). The van der Waals surface area contributed by atoms with Gasteiger partial charge in [-0.2, -0.15) is 10.2 Å². The summed E-state index contributed by atoms with van der Waals surface area (Å²) in [6.45, 7) is 6.00. The summed E-state index contributed by atoms with van der Waals surface area (Å²) in [5.74, 6) is -0.0487. The number of amides is 4. The van der Waals surface area contributed by atoms with Crippen LogP contribution in [0.5, 0.6) is 11.5 Å². The zero-order valence-electron chi connectivity index (χ0n) is 38.5. The van der Waals surface area contributed by atoms with Gasteiger partial charge in [-0.25, -0.2) is 29.3 Å². The molecule has 22 nitrogen and oxygen atoms in total. The van der Waals surface area contributed by atoms with Crippen LogP contribution in [0.1, 0.15) is 53.1 Å². The number of aromatic nitrogens is 10. The molecule has 0 bridgehead atoms. The third-order valence-corrected chi connectivity index (χ3v) is 12.0. The Bertz CT molecular complexity index is 3050. The first-order valence-electron chi connectivity index (χ1n) is 22.2. The number of hydrogen-bond acceptors (Lipinski definition) is 14. The van der Waals surface area contributed by atoms with Gasteiger partial charge in [0.15, 0.2) is 11.6 Å². The predicted molar refractivity (Wildman–Crippen MR) is 251 cm³/mol. The van der Waals surface area contributed by atoms with Crippen molar-refractivity contribution in [2.75, 3.05) is 66.6 Å². The lowest BCUT2D eigenvalue weighted by Crippen LogP contribution is -2.52. The Labute approximate surface area is 398 Å². The molecule has 0 saturated carbocycles. The maximum Gasteiger partial charge on any atom is 0.295 e. The van der Waals surface area contributed by atoms with Crippen molar-refractivity contribution in [3.8, 4) is 23.1 Å². The van der Waals surface area contributed by atoms with Gasteiger partial charge in [-0.15, -0.1) is 0 Å². The zero-order valence-corrected chi connectivity index (χ0v) is 38.5. The Hall–Kier alpha value is -9.08. The first kappa shape index (κ1) is 46.0. The van der Waals surface area contributed by atoms with Crippen molar-refractivity contribution < 1.29 is 38.2 Å². The second kappa shape index (κ2) is 19.6. The number of rotatable bonds is 10. The van der Waals surface area contributed by atoms with Gasteiger partial charge in [0.1, 0.15) is 35.8 Å². The van der Waals surface area contributed by atoms with E-state index in [1.54, 1.807) is 47.9 Å². The summed E-state index contributed by atoms with van der Waals surface area (Å²) < 4.78 is 13.8. The van der Waals surface area contributed by atoms with Crippen LogP contribution in [0, 0.1) is 13.8 Å². The Balaban J connectivity index is 0.000000174. The van der Waals surface area contributed by atoms with Crippen LogP contribution in [-0.4, -0.2) is 171 Å². The van der Waals surface area contributed by atoms with E-state index < -0.39 is 23.4 Å². The van der Waals surface area contributed by atoms with Gasteiger partial charge in [0.2, 0.25) is 0 Å². The van der Waals surface area contributed by atoms with Gasteiger partial charge in [0.25, 0.3) is 35.2 Å². The lowest BCUT2D eigenvalue weighted by atomic mass is 10.1. The van der Waals surface area contributed by atoms with Gasteiger partial charge in [-0.05, 0) is 38.1 Å². The first-order chi connectivity index (χ1) is 33.9. The number of Topliss-reactive ketones (excluding diaryl/α,β-unsaturated/α-hetero) is 2. The molecule has 6 aromatic heterocycles. The molecule has 8 heterocycles. The standard InChI is InChI=1S/2C24H23N7O4/c2*1-15-27-14-31(28-15)22-20-19(18(35-2)13-26-22)17(12-25-20)21(32)24(34)30-10-8-29(9-11-30)23(33)16-6-4-3-5-7-16/h2*3-7,12-14,25H,8-11H2,1-2H3. The largest absolute Gasteiger partial charge is 0.494 e. The summed E-state index contributed by atoms with van der Waals surface area (Å²) in [6, 6.07) is 18.0. The molecule has 22 heteroatoms. The van der Waals surface area contributed by atoms with Crippen LogP contribution in [0.4, 0.5) is 0 Å². The lowest BCUT2D eigenvalue weighted by Gasteiger charge is -2.34. The number of aromatic amines is 2. The molecule has 2 saturated heterocycles. The number of benzene rings is 2. The fourth-order valence-electron chi connectivity index (χ4n) is 8.39. The van der Waals surface area contributed by atoms with Crippen LogP contribution < -0.4 is 9.47 Å². The van der Waals surface area contributed by atoms with Gasteiger partial charge in [-0.3, -0.25) is 28.8 Å². The highest BCUT2D eigenvalue weighted by molar-refractivity contribution is 6.46. The molecule has 4 amide bonds. The van der Waals surface area contributed by atoms with Crippen LogP contribution in [0.3, 0.4) is 0 Å². The number of carbonyl (C=O) groups is 6. The smallest absolute Gasteiger partial charge is 0.295 e. The topological polar surface area (TPSA) is 253 Å². The Morgan fingerprint density at radius 2 is 0.857 bits per heavy atom. The van der Waals surface area contributed by atoms with Crippen LogP contribution in [0.25, 0.3) is 33.4 Å². The number of piperazine rings is 2. The summed E-state index contributed by atoms with van der Waals surface area (Å²) >= 11 is 0. The van der Waals surface area contributed by atoms with Crippen LogP contribution in [0.15, 0.2) is 98.1 Å². The van der Waals surface area contributed by atoms with Gasteiger partial charge in [-0.1, -0.05) is 36.4 Å². The quantitative estimate of drug-likeness (QED) is 0.148. The molecule has 2 N–H and O–H groups in total. The fourth-order valence-corrected chi connectivity index (χ4v) is 8.39. The molecular weight excluding hydrogens is 901 g/mol. The number of aryl methyl sites for hydroxylation is 2. The molecule has 356 valence electrons. The minimum atomic E-state index is -0.663. The summed E-state index contributed by atoms with van der Waals surface area (Å²) in [5, 5.41) is 9.46. The van der Waals surface area contributed by atoms with E-state index in [2.05, 4.69) is 40.1 Å².